The molecule has 0 aromatic rings. The molecule has 0 spiro atoms. The molecule has 0 saturated carbocycles. The summed E-state index contributed by atoms with van der Waals surface area (Å²) in [5.74, 6) is 0. The number of hydrogen-bond donors (Lipinski definition) is 0. The molecule has 0 aromatic carbocycles. The van der Waals surface area contributed by atoms with Gasteiger partial charge in [-0.2, -0.15) is 0 Å². The molecular weight excluding hydrogens is 778 g/mol. The van der Waals surface area contributed by atoms with Crippen LogP contribution in [0.4, 0.5) is 52.7 Å². The van der Waals surface area contributed by atoms with E-state index in [0.717, 1.165) is 27.7 Å². The normalized spacial score (nSPS) is 20.2. The Labute approximate surface area is 231 Å². The fourth-order valence-corrected chi connectivity index (χ4v) is 41.8. The van der Waals surface area contributed by atoms with Crippen LogP contribution in [0, 0.1) is 0 Å². The number of rotatable bonds is 20. The van der Waals surface area contributed by atoms with E-state index in [2.05, 4.69) is 7.56 Å². The third kappa shape index (κ3) is 7.24. The molecule has 0 aromatic heterocycles. The Balaban J connectivity index is 8.21. The van der Waals surface area contributed by atoms with E-state index in [1.165, 1.54) is 13.8 Å². The number of alkyl halides is 12. The summed E-state index contributed by atoms with van der Waals surface area (Å²) < 4.78 is 177. The van der Waals surface area contributed by atoms with Gasteiger partial charge in [0.25, 0.3) is 0 Å². The summed E-state index contributed by atoms with van der Waals surface area (Å²) in [5, 5.41) is 0. The molecule has 0 aliphatic heterocycles. The van der Waals surface area contributed by atoms with Crippen LogP contribution in [-0.2, 0) is 7.56 Å². The maximum absolute atomic E-state index is 15.8. The van der Waals surface area contributed by atoms with Crippen molar-refractivity contribution in [1.29, 1.82) is 0 Å². The Bertz CT molecular complexity index is 630. The zero-order valence-corrected chi connectivity index (χ0v) is 28.4. The molecular formula is C22H38F12O3Sn2. The molecule has 0 radical (unpaired) electrons. The van der Waals surface area contributed by atoms with Gasteiger partial charge in [0.05, 0.1) is 0 Å². The van der Waals surface area contributed by atoms with Crippen molar-refractivity contribution < 1.29 is 60.2 Å². The van der Waals surface area contributed by atoms with Gasteiger partial charge < -0.3 is 0 Å². The first-order valence-electron chi connectivity index (χ1n) is 12.8. The van der Waals surface area contributed by atoms with Gasteiger partial charge in [-0.25, -0.2) is 0 Å². The first kappa shape index (κ1) is 39.6. The molecule has 0 amide bonds. The van der Waals surface area contributed by atoms with E-state index in [0.29, 0.717) is 0 Å². The Morgan fingerprint density at radius 2 is 0.667 bits per heavy atom. The molecule has 17 heteroatoms. The van der Waals surface area contributed by atoms with Crippen molar-refractivity contribution in [2.75, 3.05) is 13.2 Å². The van der Waals surface area contributed by atoms with Gasteiger partial charge in [-0.1, -0.05) is 0 Å². The molecule has 4 atom stereocenters. The average molecular weight is 816 g/mol. The van der Waals surface area contributed by atoms with E-state index in [1.807, 2.05) is 0 Å². The van der Waals surface area contributed by atoms with Crippen molar-refractivity contribution in [3.8, 4) is 0 Å². The molecule has 0 saturated heterocycles. The molecule has 3 nitrogen and oxygen atoms in total. The standard InChI is InChI=1S/4C4H6F3.2C3H7O.O.2Sn/c4*1-2-3(5)4(6)7;2*1-2-3-4;;;/h4*3H,2H2,1H3;2*2-3H2,1H3;;;/q;;;;2*-1;;2*+1. The van der Waals surface area contributed by atoms with E-state index >= 15 is 35.1 Å². The Morgan fingerprint density at radius 1 is 0.462 bits per heavy atom. The Morgan fingerprint density at radius 3 is 0.821 bits per heavy atom. The van der Waals surface area contributed by atoms with Crippen molar-refractivity contribution >= 4 is 38.4 Å². The van der Waals surface area contributed by atoms with Crippen LogP contribution in [0.2, 0.25) is 0 Å². The maximum atomic E-state index is 15.8. The van der Waals surface area contributed by atoms with Crippen LogP contribution in [-0.4, -0.2) is 92.1 Å². The van der Waals surface area contributed by atoms with E-state index in [4.69, 9.17) is 0 Å². The first-order chi connectivity index (χ1) is 17.8. The van der Waals surface area contributed by atoms with E-state index in [1.54, 1.807) is 0 Å². The summed E-state index contributed by atoms with van der Waals surface area (Å²) >= 11 is -17.7. The summed E-state index contributed by atoms with van der Waals surface area (Å²) in [4.78, 5) is 0. The molecule has 4 unspecified atom stereocenters. The minimum atomic E-state index is -8.84. The quantitative estimate of drug-likeness (QED) is 0.0913. The molecule has 0 bridgehead atoms. The van der Waals surface area contributed by atoms with Crippen LogP contribution < -0.4 is 0 Å². The van der Waals surface area contributed by atoms with E-state index < -0.39 is 131 Å². The van der Waals surface area contributed by atoms with Gasteiger partial charge in [0.2, 0.25) is 0 Å². The second kappa shape index (κ2) is 15.4. The average Bonchev–Trinajstić information content (AvgIpc) is 2.89. The fraction of sp³-hybridized carbons (Fsp3) is 1.00. The van der Waals surface area contributed by atoms with Crippen molar-refractivity contribution in [1.82, 2.24) is 0 Å². The molecule has 39 heavy (non-hydrogen) atoms. The monoisotopic (exact) mass is 818 g/mol. The second-order valence-electron chi connectivity index (χ2n) is 9.03. The van der Waals surface area contributed by atoms with Gasteiger partial charge in [-0.3, -0.25) is 0 Å². The molecule has 0 aliphatic carbocycles. The van der Waals surface area contributed by atoms with Crippen LogP contribution in [0.3, 0.4) is 0 Å². The van der Waals surface area contributed by atoms with Gasteiger partial charge in [-0.15, -0.1) is 0 Å². The van der Waals surface area contributed by atoms with Gasteiger partial charge in [0, 0.05) is 0 Å². The second-order valence-corrected chi connectivity index (χ2v) is 29.8. The van der Waals surface area contributed by atoms with Crippen LogP contribution in [0.25, 0.3) is 0 Å². The summed E-state index contributed by atoms with van der Waals surface area (Å²) in [7, 11) is 0. The molecule has 236 valence electrons. The van der Waals surface area contributed by atoms with Crippen molar-refractivity contribution in [3.05, 3.63) is 0 Å². The molecule has 0 rings (SSSR count). The van der Waals surface area contributed by atoms with E-state index in [9.17, 15) is 17.6 Å². The SMILES string of the molecule is CCC[O][Sn]([O][Sn]([O]CCC)([C](F)(F)C(F)CC)[C](F)(F)C(F)CC)([C](F)(F)C(F)CC)[C](F)(F)C(F)CC. The van der Waals surface area contributed by atoms with Crippen molar-refractivity contribution in [2.45, 2.75) is 121 Å². The van der Waals surface area contributed by atoms with Gasteiger partial charge in [-0.05, 0) is 0 Å². The first-order valence-corrected chi connectivity index (χ1v) is 23.2. The Hall–Kier alpha value is 0.637. The van der Waals surface area contributed by atoms with E-state index in [-0.39, 0.29) is 0 Å². The molecule has 0 fully saturated rings. The summed E-state index contributed by atoms with van der Waals surface area (Å²) in [6, 6.07) is 0. The van der Waals surface area contributed by atoms with Crippen LogP contribution in [0.15, 0.2) is 0 Å². The predicted molar refractivity (Wildman–Crippen MR) is 126 cm³/mol. The van der Waals surface area contributed by atoms with Crippen LogP contribution in [0.1, 0.15) is 80.1 Å². The van der Waals surface area contributed by atoms with Gasteiger partial charge >= 0.3 is 232 Å². The third-order valence-electron chi connectivity index (χ3n) is 6.07. The number of halogens is 12. The van der Waals surface area contributed by atoms with Gasteiger partial charge in [0.15, 0.2) is 0 Å². The van der Waals surface area contributed by atoms with Crippen LogP contribution >= 0.6 is 0 Å². The van der Waals surface area contributed by atoms with Crippen molar-refractivity contribution in [2.24, 2.45) is 0 Å². The summed E-state index contributed by atoms with van der Waals surface area (Å²) in [6.07, 6.45) is -20.4. The minimum absolute atomic E-state index is 0.410. The zero-order chi connectivity index (χ0) is 31.1. The summed E-state index contributed by atoms with van der Waals surface area (Å²) in [5.41, 5.74) is 0. The zero-order valence-electron chi connectivity index (χ0n) is 22.7. The topological polar surface area (TPSA) is 27.7 Å². The molecule has 0 N–H and O–H groups in total. The van der Waals surface area contributed by atoms with Crippen LogP contribution in [0.5, 0.6) is 0 Å². The fourth-order valence-electron chi connectivity index (χ4n) is 3.70. The van der Waals surface area contributed by atoms with Gasteiger partial charge in [0.1, 0.15) is 0 Å². The summed E-state index contributed by atoms with van der Waals surface area (Å²) in [6.45, 7) is 2.97. The Kier molecular flexibility index (Phi) is 15.6. The third-order valence-corrected chi connectivity index (χ3v) is 35.8. The number of hydrogen-bond acceptors (Lipinski definition) is 3. The predicted octanol–water partition coefficient (Wildman–Crippen LogP) is 8.43. The molecule has 0 heterocycles. The molecule has 0 aliphatic rings. The van der Waals surface area contributed by atoms with Crippen molar-refractivity contribution in [3.63, 3.8) is 0 Å².